The van der Waals surface area contributed by atoms with Crippen molar-refractivity contribution >= 4 is 11.6 Å². The van der Waals surface area contributed by atoms with Crippen molar-refractivity contribution in [1.82, 2.24) is 9.97 Å². The summed E-state index contributed by atoms with van der Waals surface area (Å²) in [4.78, 5) is 8.30. The molecule has 102 valence electrons. The van der Waals surface area contributed by atoms with Crippen molar-refractivity contribution in [3.63, 3.8) is 0 Å². The zero-order valence-electron chi connectivity index (χ0n) is 11.3. The smallest absolute Gasteiger partial charge is 0.148 e. The molecule has 18 heavy (non-hydrogen) atoms. The molecule has 0 saturated carbocycles. The van der Waals surface area contributed by atoms with Gasteiger partial charge in [-0.3, -0.25) is 0 Å². The van der Waals surface area contributed by atoms with E-state index >= 15 is 0 Å². The second-order valence-corrected chi connectivity index (χ2v) is 4.64. The van der Waals surface area contributed by atoms with Gasteiger partial charge in [0, 0.05) is 12.1 Å². The Hall–Kier alpha value is -1.40. The molecule has 0 aliphatic rings. The highest BCUT2D eigenvalue weighted by Crippen LogP contribution is 2.21. The van der Waals surface area contributed by atoms with E-state index in [0.717, 1.165) is 24.2 Å². The summed E-state index contributed by atoms with van der Waals surface area (Å²) in [6.07, 6.45) is 2.87. The molecule has 0 aromatic carbocycles. The van der Waals surface area contributed by atoms with Gasteiger partial charge < -0.3 is 15.8 Å². The minimum absolute atomic E-state index is 0.209. The number of anilines is 2. The summed E-state index contributed by atoms with van der Waals surface area (Å²) in [5.41, 5.74) is 3.53. The average molecular weight is 253 g/mol. The first kappa shape index (κ1) is 14.7. The third-order valence-corrected chi connectivity index (χ3v) is 2.83. The first-order chi connectivity index (χ1) is 8.60. The van der Waals surface area contributed by atoms with Crippen LogP contribution in [-0.2, 0) is 6.42 Å². The normalized spacial score (nSPS) is 12.6. The number of nitrogens with zero attached hydrogens (tertiary/aromatic N) is 2. The van der Waals surface area contributed by atoms with Crippen molar-refractivity contribution < 1.29 is 5.11 Å². The third-order valence-electron chi connectivity index (χ3n) is 2.83. The molecule has 1 rings (SSSR count). The molecule has 0 saturated heterocycles. The predicted octanol–water partition coefficient (Wildman–Crippen LogP) is 1.14. The average Bonchev–Trinajstić information content (AvgIpc) is 2.37. The second-order valence-electron chi connectivity index (χ2n) is 4.64. The van der Waals surface area contributed by atoms with Gasteiger partial charge in [-0.15, -0.1) is 0 Å². The lowest BCUT2D eigenvalue weighted by Gasteiger charge is -2.18. The lowest BCUT2D eigenvalue weighted by molar-refractivity contribution is 0.138. The number of hydrogen-bond donors (Lipinski definition) is 4. The molecule has 0 aliphatic heterocycles. The fourth-order valence-corrected chi connectivity index (χ4v) is 1.61. The lowest BCUT2D eigenvalue weighted by Crippen LogP contribution is -2.26. The van der Waals surface area contributed by atoms with Gasteiger partial charge in [0.1, 0.15) is 18.0 Å². The van der Waals surface area contributed by atoms with Crippen LogP contribution in [-0.4, -0.2) is 27.7 Å². The summed E-state index contributed by atoms with van der Waals surface area (Å²) in [6.45, 7) is 6.51. The summed E-state index contributed by atoms with van der Waals surface area (Å²) < 4.78 is 0. The predicted molar refractivity (Wildman–Crippen MR) is 73.2 cm³/mol. The van der Waals surface area contributed by atoms with Crippen LogP contribution in [0.3, 0.4) is 0 Å². The molecule has 0 aliphatic carbocycles. The van der Waals surface area contributed by atoms with Crippen LogP contribution in [0.4, 0.5) is 11.6 Å². The van der Waals surface area contributed by atoms with Crippen molar-refractivity contribution in [2.45, 2.75) is 39.7 Å². The highest BCUT2D eigenvalue weighted by atomic mass is 16.3. The molecule has 0 spiro atoms. The molecule has 0 radical (unpaired) electrons. The number of hydrazine groups is 1. The van der Waals surface area contributed by atoms with E-state index in [0.29, 0.717) is 12.4 Å². The Kier molecular flexibility index (Phi) is 5.80. The van der Waals surface area contributed by atoms with Crippen molar-refractivity contribution in [2.24, 2.45) is 11.8 Å². The summed E-state index contributed by atoms with van der Waals surface area (Å²) in [5, 5.41) is 12.9. The van der Waals surface area contributed by atoms with Gasteiger partial charge in [-0.05, 0) is 12.3 Å². The fraction of sp³-hybridized carbons (Fsp3) is 0.667. The number of rotatable bonds is 7. The third kappa shape index (κ3) is 3.82. The standard InChI is InChI=1S/C12H23N5O/c1-4-5-9-11(14-6-10(18)8(2)3)15-7-16-12(9)17-13/h7-8,10,18H,4-6,13H2,1-3H3,(H2,14,15,16,17). The fourth-order valence-electron chi connectivity index (χ4n) is 1.61. The highest BCUT2D eigenvalue weighted by Gasteiger charge is 2.13. The van der Waals surface area contributed by atoms with Gasteiger partial charge in [0.2, 0.25) is 0 Å². The Balaban J connectivity index is 2.80. The van der Waals surface area contributed by atoms with Gasteiger partial charge in [-0.25, -0.2) is 15.8 Å². The minimum atomic E-state index is -0.399. The van der Waals surface area contributed by atoms with Crippen LogP contribution in [0, 0.1) is 5.92 Å². The van der Waals surface area contributed by atoms with Crippen LogP contribution in [0.15, 0.2) is 6.33 Å². The van der Waals surface area contributed by atoms with Crippen LogP contribution in [0.1, 0.15) is 32.8 Å². The first-order valence-electron chi connectivity index (χ1n) is 6.32. The summed E-state index contributed by atoms with van der Waals surface area (Å²) in [7, 11) is 0. The molecule has 5 N–H and O–H groups in total. The molecule has 6 nitrogen and oxygen atoms in total. The maximum Gasteiger partial charge on any atom is 0.148 e. The topological polar surface area (TPSA) is 96.1 Å². The summed E-state index contributed by atoms with van der Waals surface area (Å²) >= 11 is 0. The molecule has 1 aromatic heterocycles. The van der Waals surface area contributed by atoms with Gasteiger partial charge in [-0.1, -0.05) is 27.2 Å². The second kappa shape index (κ2) is 7.13. The minimum Gasteiger partial charge on any atom is -0.391 e. The Bertz CT molecular complexity index is 369. The van der Waals surface area contributed by atoms with Crippen molar-refractivity contribution in [3.8, 4) is 0 Å². The van der Waals surface area contributed by atoms with Crippen LogP contribution in [0.2, 0.25) is 0 Å². The zero-order valence-corrected chi connectivity index (χ0v) is 11.3. The van der Waals surface area contributed by atoms with Crippen molar-refractivity contribution in [1.29, 1.82) is 0 Å². The molecule has 1 atom stereocenters. The van der Waals surface area contributed by atoms with Crippen LogP contribution >= 0.6 is 0 Å². The Morgan fingerprint density at radius 3 is 2.56 bits per heavy atom. The van der Waals surface area contributed by atoms with E-state index in [1.54, 1.807) is 0 Å². The molecule has 1 heterocycles. The Morgan fingerprint density at radius 2 is 2.00 bits per heavy atom. The molecule has 0 amide bonds. The highest BCUT2D eigenvalue weighted by molar-refractivity contribution is 5.56. The van der Waals surface area contributed by atoms with E-state index < -0.39 is 6.10 Å². The Labute approximate surface area is 108 Å². The van der Waals surface area contributed by atoms with E-state index in [2.05, 4.69) is 27.6 Å². The van der Waals surface area contributed by atoms with E-state index in [1.807, 2.05) is 13.8 Å². The van der Waals surface area contributed by atoms with E-state index in [-0.39, 0.29) is 5.92 Å². The maximum atomic E-state index is 9.79. The SMILES string of the molecule is CCCc1c(NN)ncnc1NCC(O)C(C)C. The largest absolute Gasteiger partial charge is 0.391 e. The van der Waals surface area contributed by atoms with Gasteiger partial charge in [-0.2, -0.15) is 0 Å². The van der Waals surface area contributed by atoms with E-state index in [1.165, 1.54) is 6.33 Å². The van der Waals surface area contributed by atoms with Gasteiger partial charge in [0.15, 0.2) is 0 Å². The monoisotopic (exact) mass is 253 g/mol. The first-order valence-corrected chi connectivity index (χ1v) is 6.32. The number of aromatic nitrogens is 2. The number of nitrogens with two attached hydrogens (primary N) is 1. The van der Waals surface area contributed by atoms with Crippen LogP contribution in [0.5, 0.6) is 0 Å². The van der Waals surface area contributed by atoms with Crippen LogP contribution < -0.4 is 16.6 Å². The molecular weight excluding hydrogens is 230 g/mol. The molecule has 1 unspecified atom stereocenters. The summed E-state index contributed by atoms with van der Waals surface area (Å²) in [6, 6.07) is 0. The quantitative estimate of drug-likeness (QED) is 0.430. The zero-order chi connectivity index (χ0) is 13.5. The molecule has 6 heteroatoms. The summed E-state index contributed by atoms with van der Waals surface area (Å²) in [5.74, 6) is 7.01. The maximum absolute atomic E-state index is 9.79. The molecule has 0 fully saturated rings. The van der Waals surface area contributed by atoms with Gasteiger partial charge in [0.25, 0.3) is 0 Å². The number of nitrogens with one attached hydrogen (secondary N) is 2. The molecule has 1 aromatic rings. The van der Waals surface area contributed by atoms with Gasteiger partial charge >= 0.3 is 0 Å². The lowest BCUT2D eigenvalue weighted by atomic mass is 10.1. The Morgan fingerprint density at radius 1 is 1.33 bits per heavy atom. The number of nitrogen functional groups attached to an aromatic ring is 1. The number of aliphatic hydroxyl groups excluding tert-OH is 1. The van der Waals surface area contributed by atoms with Gasteiger partial charge in [0.05, 0.1) is 6.10 Å². The van der Waals surface area contributed by atoms with Crippen molar-refractivity contribution in [2.75, 3.05) is 17.3 Å². The number of hydrogen-bond acceptors (Lipinski definition) is 6. The van der Waals surface area contributed by atoms with E-state index in [4.69, 9.17) is 5.84 Å². The van der Waals surface area contributed by atoms with Crippen LogP contribution in [0.25, 0.3) is 0 Å². The van der Waals surface area contributed by atoms with E-state index in [9.17, 15) is 5.11 Å². The molecular formula is C12H23N5O. The van der Waals surface area contributed by atoms with Crippen molar-refractivity contribution in [3.05, 3.63) is 11.9 Å². The molecule has 0 bridgehead atoms. The number of aliphatic hydroxyl groups is 1.